The first-order valence-corrected chi connectivity index (χ1v) is 8.37. The van der Waals surface area contributed by atoms with Crippen LogP contribution in [0.5, 0.6) is 0 Å². The van der Waals surface area contributed by atoms with Crippen LogP contribution in [-0.4, -0.2) is 22.1 Å². The maximum atomic E-state index is 14.2. The lowest BCUT2D eigenvalue weighted by molar-refractivity contribution is 0.0937. The van der Waals surface area contributed by atoms with Crippen LogP contribution in [-0.2, 0) is 0 Å². The molecule has 2 heterocycles. The number of halogens is 1. The number of carbonyl (C=O) groups excluding carboxylic acids is 1. The summed E-state index contributed by atoms with van der Waals surface area (Å²) in [4.78, 5) is 17.2. The van der Waals surface area contributed by atoms with E-state index >= 15 is 0 Å². The number of aryl methyl sites for hydroxylation is 1. The number of carbonyl (C=O) groups is 1. The van der Waals surface area contributed by atoms with Gasteiger partial charge < -0.3 is 9.84 Å². The molecule has 5 nitrogen and oxygen atoms in total. The molecular formula is C19H18FN3O2. The number of benzene rings is 1. The molecule has 3 aromatic rings. The van der Waals surface area contributed by atoms with Gasteiger partial charge in [0.05, 0.1) is 22.3 Å². The van der Waals surface area contributed by atoms with Crippen molar-refractivity contribution < 1.29 is 13.7 Å². The van der Waals surface area contributed by atoms with Crippen molar-refractivity contribution in [3.05, 3.63) is 47.4 Å². The minimum Gasteiger partial charge on any atom is -0.349 e. The van der Waals surface area contributed by atoms with Crippen molar-refractivity contribution in [3.8, 4) is 11.3 Å². The maximum Gasteiger partial charge on any atom is 0.259 e. The third-order valence-corrected chi connectivity index (χ3v) is 4.70. The number of hydrogen-bond donors (Lipinski definition) is 1. The Kier molecular flexibility index (Phi) is 3.75. The average Bonchev–Trinajstić information content (AvgIpc) is 3.39. The lowest BCUT2D eigenvalue weighted by atomic mass is 10.0. The molecule has 0 unspecified atom stereocenters. The highest BCUT2D eigenvalue weighted by molar-refractivity contribution is 6.07. The van der Waals surface area contributed by atoms with E-state index in [9.17, 15) is 9.18 Å². The first-order valence-electron chi connectivity index (χ1n) is 8.37. The summed E-state index contributed by atoms with van der Waals surface area (Å²) in [5.74, 6) is -0.0742. The summed E-state index contributed by atoms with van der Waals surface area (Å²) in [5.41, 5.74) is 1.91. The van der Waals surface area contributed by atoms with Gasteiger partial charge in [0.2, 0.25) is 0 Å². The second kappa shape index (κ2) is 5.95. The molecule has 0 spiro atoms. The molecule has 1 fully saturated rings. The van der Waals surface area contributed by atoms with Gasteiger partial charge in [-0.05, 0) is 50.8 Å². The fourth-order valence-electron chi connectivity index (χ4n) is 3.08. The summed E-state index contributed by atoms with van der Waals surface area (Å²) in [5, 5.41) is 7.51. The quantitative estimate of drug-likeness (QED) is 0.783. The van der Waals surface area contributed by atoms with Crippen molar-refractivity contribution in [1.29, 1.82) is 0 Å². The Bertz CT molecular complexity index is 962. The fraction of sp³-hybridized carbons (Fsp3) is 0.316. The highest BCUT2D eigenvalue weighted by Crippen LogP contribution is 2.33. The highest BCUT2D eigenvalue weighted by atomic mass is 19.1. The summed E-state index contributed by atoms with van der Waals surface area (Å²) >= 11 is 0. The van der Waals surface area contributed by atoms with Crippen molar-refractivity contribution in [2.75, 3.05) is 0 Å². The third kappa shape index (κ3) is 2.88. The normalized spacial score (nSPS) is 15.3. The van der Waals surface area contributed by atoms with Crippen molar-refractivity contribution in [3.63, 3.8) is 0 Å². The van der Waals surface area contributed by atoms with Crippen LogP contribution in [0, 0.1) is 18.7 Å². The number of nitrogens with one attached hydrogen (secondary N) is 1. The van der Waals surface area contributed by atoms with Gasteiger partial charge in [0.25, 0.3) is 11.6 Å². The molecule has 0 saturated heterocycles. The van der Waals surface area contributed by atoms with Gasteiger partial charge in [0.1, 0.15) is 5.82 Å². The van der Waals surface area contributed by atoms with Crippen molar-refractivity contribution in [2.45, 2.75) is 32.7 Å². The second-order valence-corrected chi connectivity index (χ2v) is 6.58. The minimum absolute atomic E-state index is 0.104. The lowest BCUT2D eigenvalue weighted by Crippen LogP contribution is -2.34. The molecule has 1 aliphatic rings. The summed E-state index contributed by atoms with van der Waals surface area (Å²) in [6, 6.07) is 8.04. The topological polar surface area (TPSA) is 68.0 Å². The molecule has 0 bridgehead atoms. The van der Waals surface area contributed by atoms with Crippen LogP contribution in [0.2, 0.25) is 0 Å². The predicted molar refractivity (Wildman–Crippen MR) is 91.6 cm³/mol. The smallest absolute Gasteiger partial charge is 0.259 e. The van der Waals surface area contributed by atoms with Gasteiger partial charge in [-0.25, -0.2) is 9.37 Å². The monoisotopic (exact) mass is 339 g/mol. The minimum atomic E-state index is -0.400. The molecule has 4 rings (SSSR count). The number of aromatic nitrogens is 2. The zero-order chi connectivity index (χ0) is 17.6. The first kappa shape index (κ1) is 15.7. The van der Waals surface area contributed by atoms with E-state index in [1.54, 1.807) is 31.2 Å². The molecule has 0 radical (unpaired) electrons. The van der Waals surface area contributed by atoms with Crippen LogP contribution in [0.3, 0.4) is 0 Å². The molecule has 25 heavy (non-hydrogen) atoms. The van der Waals surface area contributed by atoms with Gasteiger partial charge in [-0.3, -0.25) is 4.79 Å². The zero-order valence-electron chi connectivity index (χ0n) is 14.0. The number of pyridine rings is 1. The standard InChI is InChI=1S/C19H18FN3O2/c1-10(12-7-8-12)21-18(24)14-9-16(13-5-3-4-6-15(13)20)22-19-17(14)11(2)23-25-19/h3-6,9-10,12H,7-8H2,1-2H3,(H,21,24)/t10-/m1/s1. The number of fused-ring (bicyclic) bond motifs is 1. The Hall–Kier alpha value is -2.76. The van der Waals surface area contributed by atoms with Crippen molar-refractivity contribution in [2.24, 2.45) is 5.92 Å². The van der Waals surface area contributed by atoms with E-state index in [1.807, 2.05) is 6.92 Å². The van der Waals surface area contributed by atoms with E-state index in [1.165, 1.54) is 6.07 Å². The zero-order valence-corrected chi connectivity index (χ0v) is 14.0. The van der Waals surface area contributed by atoms with E-state index in [-0.39, 0.29) is 17.7 Å². The summed E-state index contributed by atoms with van der Waals surface area (Å²) in [6.07, 6.45) is 2.28. The molecule has 1 amide bonds. The van der Waals surface area contributed by atoms with Gasteiger partial charge in [0, 0.05) is 11.6 Å². The molecule has 1 aromatic carbocycles. The summed E-state index contributed by atoms with van der Waals surface area (Å²) in [7, 11) is 0. The van der Waals surface area contributed by atoms with E-state index in [0.717, 1.165) is 12.8 Å². The van der Waals surface area contributed by atoms with Crippen LogP contribution < -0.4 is 5.32 Å². The summed E-state index contributed by atoms with van der Waals surface area (Å²) in [6.45, 7) is 3.77. The highest BCUT2D eigenvalue weighted by Gasteiger charge is 2.30. The van der Waals surface area contributed by atoms with Crippen LogP contribution in [0.4, 0.5) is 4.39 Å². The largest absolute Gasteiger partial charge is 0.349 e. The Balaban J connectivity index is 1.82. The number of rotatable bonds is 4. The Labute approximate surface area is 144 Å². The van der Waals surface area contributed by atoms with Gasteiger partial charge in [-0.2, -0.15) is 0 Å². The Morgan fingerprint density at radius 3 is 2.84 bits per heavy atom. The van der Waals surface area contributed by atoms with E-state index in [2.05, 4.69) is 15.5 Å². The van der Waals surface area contributed by atoms with Crippen LogP contribution in [0.25, 0.3) is 22.4 Å². The maximum absolute atomic E-state index is 14.2. The van der Waals surface area contributed by atoms with Gasteiger partial charge in [-0.1, -0.05) is 17.3 Å². The van der Waals surface area contributed by atoms with E-state index in [4.69, 9.17) is 4.52 Å². The Morgan fingerprint density at radius 2 is 2.12 bits per heavy atom. The molecule has 1 atom stereocenters. The number of hydrogen-bond acceptors (Lipinski definition) is 4. The Morgan fingerprint density at radius 1 is 1.36 bits per heavy atom. The van der Waals surface area contributed by atoms with Gasteiger partial charge >= 0.3 is 0 Å². The molecule has 0 aliphatic heterocycles. The second-order valence-electron chi connectivity index (χ2n) is 6.58. The molecule has 1 saturated carbocycles. The predicted octanol–water partition coefficient (Wildman–Crippen LogP) is 3.87. The molecule has 6 heteroatoms. The summed E-state index contributed by atoms with van der Waals surface area (Å²) < 4.78 is 19.4. The van der Waals surface area contributed by atoms with Crippen LogP contribution >= 0.6 is 0 Å². The molecule has 2 aromatic heterocycles. The van der Waals surface area contributed by atoms with Gasteiger partial charge in [0.15, 0.2) is 0 Å². The lowest BCUT2D eigenvalue weighted by Gasteiger charge is -2.14. The average molecular weight is 339 g/mol. The van der Waals surface area contributed by atoms with Crippen molar-refractivity contribution >= 4 is 17.0 Å². The van der Waals surface area contributed by atoms with Crippen LogP contribution in [0.1, 0.15) is 35.8 Å². The van der Waals surface area contributed by atoms with Crippen LogP contribution in [0.15, 0.2) is 34.9 Å². The number of nitrogens with zero attached hydrogens (tertiary/aromatic N) is 2. The first-order chi connectivity index (χ1) is 12.0. The third-order valence-electron chi connectivity index (χ3n) is 4.70. The SMILES string of the molecule is Cc1noc2nc(-c3ccccc3F)cc(C(=O)N[C@H](C)C3CC3)c12. The van der Waals surface area contributed by atoms with E-state index < -0.39 is 5.82 Å². The molecule has 128 valence electrons. The van der Waals surface area contributed by atoms with Crippen molar-refractivity contribution in [1.82, 2.24) is 15.5 Å². The molecular weight excluding hydrogens is 321 g/mol. The van der Waals surface area contributed by atoms with E-state index in [0.29, 0.717) is 33.8 Å². The van der Waals surface area contributed by atoms with Gasteiger partial charge in [-0.15, -0.1) is 0 Å². The fourth-order valence-corrected chi connectivity index (χ4v) is 3.08. The molecule has 1 aliphatic carbocycles. The number of amides is 1. The molecule has 1 N–H and O–H groups in total.